The zero-order chi connectivity index (χ0) is 11.7. The van der Waals surface area contributed by atoms with Gasteiger partial charge in [0.2, 0.25) is 0 Å². The van der Waals surface area contributed by atoms with E-state index in [1.54, 1.807) is 14.2 Å². The third-order valence-electron chi connectivity index (χ3n) is 2.95. The molecule has 1 heterocycles. The van der Waals surface area contributed by atoms with Gasteiger partial charge >= 0.3 is 0 Å². The normalized spacial score (nSPS) is 28.2. The molecular formula is C12H14INO2. The molecule has 2 aliphatic rings. The maximum Gasteiger partial charge on any atom is 0.158 e. The number of rotatable bonds is 2. The summed E-state index contributed by atoms with van der Waals surface area (Å²) in [5.74, 6) is 2.25. The molecule has 16 heavy (non-hydrogen) atoms. The standard InChI is InChI=1S/C12H14INO2/c1-7-11-8(13)4-5-14-9(11)6-10(15-2)12(7)16-3/h4-7,11H,1-3H3. The van der Waals surface area contributed by atoms with Crippen molar-refractivity contribution in [1.82, 2.24) is 0 Å². The zero-order valence-electron chi connectivity index (χ0n) is 9.53. The quantitative estimate of drug-likeness (QED) is 0.728. The lowest BCUT2D eigenvalue weighted by molar-refractivity contribution is 0.183. The van der Waals surface area contributed by atoms with Gasteiger partial charge in [-0.05, 0) is 28.7 Å². The van der Waals surface area contributed by atoms with Gasteiger partial charge in [-0.25, -0.2) is 0 Å². The van der Waals surface area contributed by atoms with E-state index >= 15 is 0 Å². The Labute approximate surface area is 109 Å². The van der Waals surface area contributed by atoms with E-state index in [1.807, 2.05) is 18.4 Å². The van der Waals surface area contributed by atoms with Crippen LogP contribution in [0.4, 0.5) is 0 Å². The molecule has 3 nitrogen and oxygen atoms in total. The molecule has 0 bridgehead atoms. The Morgan fingerprint density at radius 1 is 1.31 bits per heavy atom. The van der Waals surface area contributed by atoms with Crippen LogP contribution in [0.5, 0.6) is 0 Å². The lowest BCUT2D eigenvalue weighted by Crippen LogP contribution is -2.24. The first-order valence-electron chi connectivity index (χ1n) is 5.12. The Morgan fingerprint density at radius 3 is 2.69 bits per heavy atom. The van der Waals surface area contributed by atoms with E-state index < -0.39 is 0 Å². The molecule has 2 atom stereocenters. The molecule has 0 saturated heterocycles. The highest BCUT2D eigenvalue weighted by molar-refractivity contribution is 14.1. The van der Waals surface area contributed by atoms with Crippen molar-refractivity contribution >= 4 is 28.8 Å². The van der Waals surface area contributed by atoms with E-state index in [1.165, 1.54) is 3.58 Å². The first kappa shape index (κ1) is 11.7. The van der Waals surface area contributed by atoms with Gasteiger partial charge in [0.1, 0.15) is 5.76 Å². The first-order chi connectivity index (χ1) is 7.69. The van der Waals surface area contributed by atoms with Gasteiger partial charge in [-0.3, -0.25) is 4.99 Å². The summed E-state index contributed by atoms with van der Waals surface area (Å²) >= 11 is 2.36. The maximum absolute atomic E-state index is 5.43. The average molecular weight is 331 g/mol. The van der Waals surface area contributed by atoms with Crippen LogP contribution in [0.15, 0.2) is 37.9 Å². The Balaban J connectivity index is 2.47. The number of halogens is 1. The third-order valence-corrected chi connectivity index (χ3v) is 3.98. The summed E-state index contributed by atoms with van der Waals surface area (Å²) in [6, 6.07) is 0. The molecule has 0 saturated carbocycles. The maximum atomic E-state index is 5.43. The third kappa shape index (κ3) is 1.79. The van der Waals surface area contributed by atoms with Crippen molar-refractivity contribution in [3.63, 3.8) is 0 Å². The number of ether oxygens (including phenoxy) is 2. The van der Waals surface area contributed by atoms with Crippen molar-refractivity contribution in [2.75, 3.05) is 14.2 Å². The van der Waals surface area contributed by atoms with Gasteiger partial charge in [0.15, 0.2) is 5.76 Å². The van der Waals surface area contributed by atoms with Gasteiger partial charge in [0.25, 0.3) is 0 Å². The van der Waals surface area contributed by atoms with Crippen molar-refractivity contribution in [2.24, 2.45) is 16.8 Å². The highest BCUT2D eigenvalue weighted by Gasteiger charge is 2.34. The minimum absolute atomic E-state index is 0.264. The van der Waals surface area contributed by atoms with Crippen LogP contribution >= 0.6 is 22.6 Å². The van der Waals surface area contributed by atoms with Gasteiger partial charge in [-0.2, -0.15) is 0 Å². The highest BCUT2D eigenvalue weighted by atomic mass is 127. The largest absolute Gasteiger partial charge is 0.497 e. The van der Waals surface area contributed by atoms with Crippen molar-refractivity contribution < 1.29 is 9.47 Å². The monoisotopic (exact) mass is 331 g/mol. The van der Waals surface area contributed by atoms with Crippen LogP contribution < -0.4 is 0 Å². The number of fused-ring (bicyclic) bond motifs is 1. The second-order valence-corrected chi connectivity index (χ2v) is 5.05. The fourth-order valence-corrected chi connectivity index (χ4v) is 3.19. The fourth-order valence-electron chi connectivity index (χ4n) is 2.17. The number of dihydropyridines is 1. The molecule has 0 amide bonds. The number of hydrogen-bond acceptors (Lipinski definition) is 3. The Kier molecular flexibility index (Phi) is 3.37. The van der Waals surface area contributed by atoms with Gasteiger partial charge < -0.3 is 9.47 Å². The molecule has 0 aromatic carbocycles. The Hall–Kier alpha value is -0.780. The number of aliphatic imine (C=N–C) groups is 1. The number of nitrogens with zero attached hydrogens (tertiary/aromatic N) is 1. The second-order valence-electron chi connectivity index (χ2n) is 3.80. The minimum Gasteiger partial charge on any atom is -0.497 e. The lowest BCUT2D eigenvalue weighted by atomic mass is 9.84. The molecule has 86 valence electrons. The second kappa shape index (κ2) is 4.61. The van der Waals surface area contributed by atoms with Crippen molar-refractivity contribution in [3.05, 3.63) is 32.9 Å². The van der Waals surface area contributed by atoms with Crippen molar-refractivity contribution in [2.45, 2.75) is 6.92 Å². The van der Waals surface area contributed by atoms with Gasteiger partial charge in [0.05, 0.1) is 19.9 Å². The van der Waals surface area contributed by atoms with Crippen LogP contribution in [0, 0.1) is 11.8 Å². The number of allylic oxidation sites excluding steroid dienone is 4. The van der Waals surface area contributed by atoms with E-state index in [0.717, 1.165) is 17.2 Å². The zero-order valence-corrected chi connectivity index (χ0v) is 11.7. The summed E-state index contributed by atoms with van der Waals surface area (Å²) in [6.45, 7) is 2.14. The van der Waals surface area contributed by atoms with E-state index in [-0.39, 0.29) is 5.92 Å². The molecule has 2 rings (SSSR count). The summed E-state index contributed by atoms with van der Waals surface area (Å²) in [5, 5.41) is 0. The molecule has 0 N–H and O–H groups in total. The Morgan fingerprint density at radius 2 is 2.06 bits per heavy atom. The van der Waals surface area contributed by atoms with Crippen LogP contribution in [-0.4, -0.2) is 20.4 Å². The molecule has 1 aliphatic carbocycles. The van der Waals surface area contributed by atoms with Crippen LogP contribution in [0.25, 0.3) is 0 Å². The summed E-state index contributed by atoms with van der Waals surface area (Å²) < 4.78 is 12.1. The SMILES string of the molecule is COC1=C(OC)C(C)C2C(I)=CC=NC2=C1. The van der Waals surface area contributed by atoms with Crippen LogP contribution in [0.1, 0.15) is 6.92 Å². The minimum atomic E-state index is 0.264. The van der Waals surface area contributed by atoms with Crippen LogP contribution in [0.2, 0.25) is 0 Å². The molecular weight excluding hydrogens is 317 g/mol. The van der Waals surface area contributed by atoms with E-state index in [4.69, 9.17) is 9.47 Å². The summed E-state index contributed by atoms with van der Waals surface area (Å²) in [4.78, 5) is 4.40. The van der Waals surface area contributed by atoms with Gasteiger partial charge in [0, 0.05) is 27.7 Å². The van der Waals surface area contributed by atoms with Gasteiger partial charge in [-0.1, -0.05) is 6.92 Å². The van der Waals surface area contributed by atoms with Crippen LogP contribution in [-0.2, 0) is 9.47 Å². The van der Waals surface area contributed by atoms with Crippen molar-refractivity contribution in [1.29, 1.82) is 0 Å². The smallest absolute Gasteiger partial charge is 0.158 e. The fraction of sp³-hybridized carbons (Fsp3) is 0.417. The lowest BCUT2D eigenvalue weighted by Gasteiger charge is -2.31. The molecule has 4 heteroatoms. The molecule has 0 spiro atoms. The van der Waals surface area contributed by atoms with E-state index in [2.05, 4.69) is 34.5 Å². The topological polar surface area (TPSA) is 30.8 Å². The summed E-state index contributed by atoms with van der Waals surface area (Å²) in [7, 11) is 3.35. The molecule has 1 aliphatic heterocycles. The predicted octanol–water partition coefficient (Wildman–Crippen LogP) is 3.04. The highest BCUT2D eigenvalue weighted by Crippen LogP contribution is 2.43. The van der Waals surface area contributed by atoms with Crippen molar-refractivity contribution in [3.8, 4) is 0 Å². The molecule has 0 radical (unpaired) electrons. The first-order valence-corrected chi connectivity index (χ1v) is 6.20. The molecule has 0 fully saturated rings. The molecule has 2 unspecified atom stereocenters. The predicted molar refractivity (Wildman–Crippen MR) is 72.4 cm³/mol. The van der Waals surface area contributed by atoms with E-state index in [9.17, 15) is 0 Å². The van der Waals surface area contributed by atoms with E-state index in [0.29, 0.717) is 5.92 Å². The van der Waals surface area contributed by atoms with Crippen LogP contribution in [0.3, 0.4) is 0 Å². The number of hydrogen-bond donors (Lipinski definition) is 0. The number of methoxy groups -OCH3 is 2. The Bertz CT molecular complexity index is 421. The molecule has 0 aromatic heterocycles. The summed E-state index contributed by atoms with van der Waals surface area (Å²) in [5.41, 5.74) is 1.05. The average Bonchev–Trinajstić information content (AvgIpc) is 2.28. The molecule has 0 aromatic rings. The summed E-state index contributed by atoms with van der Waals surface area (Å²) in [6.07, 6.45) is 5.84. The van der Waals surface area contributed by atoms with Gasteiger partial charge in [-0.15, -0.1) is 0 Å².